The average Bonchev–Trinajstić information content (AvgIpc) is 2.40. The van der Waals surface area contributed by atoms with E-state index in [1.807, 2.05) is 37.3 Å². The third-order valence-electron chi connectivity index (χ3n) is 4.76. The Labute approximate surface area is 116 Å². The van der Waals surface area contributed by atoms with Crippen molar-refractivity contribution in [3.63, 3.8) is 0 Å². The summed E-state index contributed by atoms with van der Waals surface area (Å²) in [5.74, 6) is 0.675. The molecule has 1 aromatic rings. The molecule has 102 valence electrons. The maximum atomic E-state index is 10.9. The van der Waals surface area contributed by atoms with Crippen molar-refractivity contribution < 1.29 is 5.11 Å². The lowest BCUT2D eigenvalue weighted by atomic mass is 9.61. The highest BCUT2D eigenvalue weighted by Gasteiger charge is 2.48. The van der Waals surface area contributed by atoms with E-state index in [9.17, 15) is 10.4 Å². The first-order chi connectivity index (χ1) is 8.99. The minimum atomic E-state index is -0.955. The molecule has 2 nitrogen and oxygen atoms in total. The Bertz CT molecular complexity index is 450. The molecule has 1 unspecified atom stereocenters. The summed E-state index contributed by atoms with van der Waals surface area (Å²) in [5.41, 5.74) is -0.445. The van der Waals surface area contributed by atoms with Gasteiger partial charge < -0.3 is 5.11 Å². The van der Waals surface area contributed by atoms with Crippen LogP contribution in [0.3, 0.4) is 0 Å². The summed E-state index contributed by atoms with van der Waals surface area (Å²) in [6.45, 7) is 4.06. The van der Waals surface area contributed by atoms with Crippen LogP contribution >= 0.6 is 0 Å². The summed E-state index contributed by atoms with van der Waals surface area (Å²) in [6, 6.07) is 12.4. The van der Waals surface area contributed by atoms with Gasteiger partial charge in [-0.15, -0.1) is 0 Å². The van der Waals surface area contributed by atoms with E-state index >= 15 is 0 Å². The van der Waals surface area contributed by atoms with Crippen LogP contribution < -0.4 is 0 Å². The Kier molecular flexibility index (Phi) is 3.96. The largest absolute Gasteiger partial charge is 0.388 e. The molecule has 0 bridgehead atoms. The van der Waals surface area contributed by atoms with Crippen LogP contribution in [0.4, 0.5) is 0 Å². The van der Waals surface area contributed by atoms with Crippen molar-refractivity contribution in [2.24, 2.45) is 11.3 Å². The van der Waals surface area contributed by atoms with E-state index in [4.69, 9.17) is 0 Å². The molecular weight excluding hydrogens is 234 g/mol. The average molecular weight is 257 g/mol. The molecule has 0 saturated heterocycles. The van der Waals surface area contributed by atoms with Crippen LogP contribution in [0.1, 0.15) is 45.1 Å². The van der Waals surface area contributed by atoms with Crippen LogP contribution in [0.25, 0.3) is 0 Å². The van der Waals surface area contributed by atoms with Gasteiger partial charge in [-0.2, -0.15) is 5.26 Å². The maximum absolute atomic E-state index is 10.9. The minimum Gasteiger partial charge on any atom is -0.388 e. The van der Waals surface area contributed by atoms with E-state index in [2.05, 4.69) is 13.0 Å². The van der Waals surface area contributed by atoms with Crippen molar-refractivity contribution in [3.05, 3.63) is 35.9 Å². The van der Waals surface area contributed by atoms with E-state index in [1.165, 1.54) is 0 Å². The zero-order valence-electron chi connectivity index (χ0n) is 11.9. The number of nitrogens with zero attached hydrogens (tertiary/aromatic N) is 1. The third kappa shape index (κ3) is 2.82. The van der Waals surface area contributed by atoms with Gasteiger partial charge in [0.2, 0.25) is 0 Å². The van der Waals surface area contributed by atoms with Crippen molar-refractivity contribution in [1.29, 1.82) is 5.26 Å². The number of hydrogen-bond acceptors (Lipinski definition) is 2. The van der Waals surface area contributed by atoms with E-state index in [0.29, 0.717) is 12.3 Å². The van der Waals surface area contributed by atoms with E-state index in [-0.39, 0.29) is 0 Å². The van der Waals surface area contributed by atoms with Gasteiger partial charge in [0.25, 0.3) is 0 Å². The third-order valence-corrected chi connectivity index (χ3v) is 4.76. The Hall–Kier alpha value is -1.33. The zero-order chi connectivity index (χ0) is 13.9. The molecule has 1 atom stereocenters. The molecule has 1 saturated carbocycles. The van der Waals surface area contributed by atoms with E-state index in [0.717, 1.165) is 31.2 Å². The first kappa shape index (κ1) is 14.1. The summed E-state index contributed by atoms with van der Waals surface area (Å²) >= 11 is 0. The highest BCUT2D eigenvalue weighted by molar-refractivity contribution is 5.21. The molecule has 2 rings (SSSR count). The Morgan fingerprint density at radius 3 is 2.42 bits per heavy atom. The van der Waals surface area contributed by atoms with Gasteiger partial charge in [0.1, 0.15) is 0 Å². The number of nitriles is 1. The molecule has 0 aliphatic heterocycles. The second-order valence-corrected chi connectivity index (χ2v) is 6.31. The first-order valence-electron chi connectivity index (χ1n) is 7.17. The number of hydrogen-bond donors (Lipinski definition) is 1. The van der Waals surface area contributed by atoms with Crippen molar-refractivity contribution >= 4 is 0 Å². The molecule has 2 heteroatoms. The highest BCUT2D eigenvalue weighted by Crippen LogP contribution is 2.47. The molecule has 0 aromatic heterocycles. The van der Waals surface area contributed by atoms with Crippen LogP contribution in [0.2, 0.25) is 0 Å². The zero-order valence-corrected chi connectivity index (χ0v) is 11.9. The summed E-state index contributed by atoms with van der Waals surface area (Å²) in [5, 5.41) is 20.5. The summed E-state index contributed by atoms with van der Waals surface area (Å²) in [7, 11) is 0. The Morgan fingerprint density at radius 2 is 1.89 bits per heavy atom. The maximum Gasteiger partial charge on any atom is 0.0861 e. The summed E-state index contributed by atoms with van der Waals surface area (Å²) in [4.78, 5) is 0. The standard InChI is InChI=1S/C17H23NO/c1-14-8-10-17(13-18,11-9-14)16(2,19)12-15-6-4-3-5-7-15/h3-7,14,19H,8-12H2,1-2H3. The predicted molar refractivity (Wildman–Crippen MR) is 76.4 cm³/mol. The molecule has 1 aliphatic rings. The van der Waals surface area contributed by atoms with E-state index in [1.54, 1.807) is 0 Å². The van der Waals surface area contributed by atoms with Crippen molar-refractivity contribution in [1.82, 2.24) is 0 Å². The molecule has 0 heterocycles. The fourth-order valence-corrected chi connectivity index (χ4v) is 3.19. The lowest BCUT2D eigenvalue weighted by Crippen LogP contribution is -2.48. The fraction of sp³-hybridized carbons (Fsp3) is 0.588. The molecule has 1 fully saturated rings. The van der Waals surface area contributed by atoms with Crippen LogP contribution in [0.15, 0.2) is 30.3 Å². The Balaban J connectivity index is 2.19. The molecule has 0 radical (unpaired) electrons. The van der Waals surface area contributed by atoms with Crippen LogP contribution in [-0.4, -0.2) is 10.7 Å². The molecule has 19 heavy (non-hydrogen) atoms. The van der Waals surface area contributed by atoms with Crippen LogP contribution in [0.5, 0.6) is 0 Å². The van der Waals surface area contributed by atoms with Gasteiger partial charge in [-0.3, -0.25) is 0 Å². The summed E-state index contributed by atoms with van der Waals surface area (Å²) in [6.07, 6.45) is 4.25. The molecule has 1 aromatic carbocycles. The fourth-order valence-electron chi connectivity index (χ4n) is 3.19. The number of rotatable bonds is 3. The van der Waals surface area contributed by atoms with Gasteiger partial charge in [0.05, 0.1) is 17.1 Å². The highest BCUT2D eigenvalue weighted by atomic mass is 16.3. The lowest BCUT2D eigenvalue weighted by molar-refractivity contribution is -0.0621. The monoisotopic (exact) mass is 257 g/mol. The van der Waals surface area contributed by atoms with Crippen molar-refractivity contribution in [2.75, 3.05) is 0 Å². The molecule has 1 aliphatic carbocycles. The van der Waals surface area contributed by atoms with Gasteiger partial charge in [-0.05, 0) is 44.1 Å². The quantitative estimate of drug-likeness (QED) is 0.897. The first-order valence-corrected chi connectivity index (χ1v) is 7.17. The number of benzene rings is 1. The van der Waals surface area contributed by atoms with Gasteiger partial charge in [-0.25, -0.2) is 0 Å². The van der Waals surface area contributed by atoms with Gasteiger partial charge >= 0.3 is 0 Å². The SMILES string of the molecule is CC1CCC(C#N)(C(C)(O)Cc2ccccc2)CC1. The second-order valence-electron chi connectivity index (χ2n) is 6.31. The second kappa shape index (κ2) is 5.35. The van der Waals surface area contributed by atoms with Crippen molar-refractivity contribution in [2.45, 2.75) is 51.6 Å². The normalized spacial score (nSPS) is 30.3. The van der Waals surface area contributed by atoms with Crippen LogP contribution in [-0.2, 0) is 6.42 Å². The lowest BCUT2D eigenvalue weighted by Gasteiger charge is -2.44. The van der Waals surface area contributed by atoms with E-state index < -0.39 is 11.0 Å². The molecule has 0 spiro atoms. The predicted octanol–water partition coefficient (Wildman–Crippen LogP) is 3.70. The molecule has 1 N–H and O–H groups in total. The number of aliphatic hydroxyl groups is 1. The smallest absolute Gasteiger partial charge is 0.0861 e. The topological polar surface area (TPSA) is 44.0 Å². The molecule has 0 amide bonds. The van der Waals surface area contributed by atoms with Crippen LogP contribution in [0, 0.1) is 22.7 Å². The minimum absolute atomic E-state index is 0.551. The Morgan fingerprint density at radius 1 is 1.32 bits per heavy atom. The molecular formula is C17H23NO. The van der Waals surface area contributed by atoms with Crippen molar-refractivity contribution in [3.8, 4) is 6.07 Å². The van der Waals surface area contributed by atoms with Gasteiger partial charge in [-0.1, -0.05) is 37.3 Å². The van der Waals surface area contributed by atoms with Gasteiger partial charge in [0, 0.05) is 6.42 Å². The van der Waals surface area contributed by atoms with Gasteiger partial charge in [0.15, 0.2) is 0 Å². The summed E-state index contributed by atoms with van der Waals surface area (Å²) < 4.78 is 0.